The van der Waals surface area contributed by atoms with Gasteiger partial charge in [-0.05, 0) is 25.7 Å². The summed E-state index contributed by atoms with van der Waals surface area (Å²) in [7, 11) is -17.0. The summed E-state index contributed by atoms with van der Waals surface area (Å²) in [5, 5.41) is 39.0. The van der Waals surface area contributed by atoms with Crippen molar-refractivity contribution in [2.75, 3.05) is 18.9 Å². The number of urea groups is 1. The topological polar surface area (TPSA) is 365 Å². The van der Waals surface area contributed by atoms with Gasteiger partial charge in [0.05, 0.1) is 25.0 Å². The number of rotatable bonds is 20. The predicted molar refractivity (Wildman–Crippen MR) is 186 cm³/mol. The van der Waals surface area contributed by atoms with Crippen LogP contribution in [0.2, 0.25) is 0 Å². The highest BCUT2D eigenvalue weighted by atomic mass is 32.2. The van der Waals surface area contributed by atoms with Gasteiger partial charge in [-0.25, -0.2) is 28.5 Å². The maximum absolute atomic E-state index is 12.3. The lowest BCUT2D eigenvalue weighted by Gasteiger charge is -2.30. The molecule has 2 unspecified atom stereocenters. The highest BCUT2D eigenvalue weighted by Crippen LogP contribution is 2.66. The number of amides is 3. The van der Waals surface area contributed by atoms with Gasteiger partial charge in [0, 0.05) is 30.5 Å². The van der Waals surface area contributed by atoms with E-state index in [9.17, 15) is 43.3 Å². The van der Waals surface area contributed by atoms with Gasteiger partial charge in [-0.1, -0.05) is 19.3 Å². The molecule has 24 nitrogen and oxygen atoms in total. The maximum Gasteiger partial charge on any atom is 0.490 e. The van der Waals surface area contributed by atoms with Crippen molar-refractivity contribution in [2.45, 2.75) is 99.4 Å². The first kappa shape index (κ1) is 42.8. The molecule has 0 aliphatic carbocycles. The third-order valence-electron chi connectivity index (χ3n) is 8.96. The summed E-state index contributed by atoms with van der Waals surface area (Å²) in [6.45, 7) is -0.208. The van der Waals surface area contributed by atoms with Crippen LogP contribution in [0.15, 0.2) is 12.7 Å². The van der Waals surface area contributed by atoms with Gasteiger partial charge in [-0.2, -0.15) is 20.4 Å². The smallest absolute Gasteiger partial charge is 0.387 e. The first-order valence-electron chi connectivity index (χ1n) is 16.8. The summed E-state index contributed by atoms with van der Waals surface area (Å²) in [5.41, 5.74) is 6.42. The standard InChI is InChI=1S/C26H44N9O15P3S/c27-23-20-24(35(14-30-20)26(28)22(38)21(37)16(48-26)11-47-52(43,44)50-53(45,46)49-51(40,41)42)34(13-31-23)10-6-2-1-5-9-29-18(36)8-4-3-7-17-19-15(12-54-17)32-25(39)33-19/h13-17,19,21-22,27,37-38H,1-12,28H2,(H,29,36)(H,43,44)(H,45,46)(H2,32,33,39)(H2,40,41,42)/t15-,16+,17-,19-,21+,22+,26-/m0/s1. The zero-order valence-electron chi connectivity index (χ0n) is 28.6. The van der Waals surface area contributed by atoms with E-state index in [0.29, 0.717) is 31.2 Å². The number of thioether (sulfide) groups is 1. The third kappa shape index (κ3) is 10.7. The Labute approximate surface area is 311 Å². The van der Waals surface area contributed by atoms with Crippen LogP contribution in [0.3, 0.4) is 0 Å². The van der Waals surface area contributed by atoms with Crippen LogP contribution in [-0.4, -0.2) is 115 Å². The number of carbonyl (C=O) groups is 2. The molecule has 0 radical (unpaired) electrons. The molecule has 2 aromatic heterocycles. The zero-order valence-corrected chi connectivity index (χ0v) is 32.1. The van der Waals surface area contributed by atoms with Crippen LogP contribution in [0.25, 0.3) is 11.2 Å². The molecule has 0 aromatic carbocycles. The van der Waals surface area contributed by atoms with E-state index in [1.807, 2.05) is 11.8 Å². The van der Waals surface area contributed by atoms with E-state index in [1.165, 1.54) is 6.33 Å². The Morgan fingerprint density at radius 1 is 1.06 bits per heavy atom. The molecule has 9 atom stereocenters. The van der Waals surface area contributed by atoms with Gasteiger partial charge < -0.3 is 55.0 Å². The minimum absolute atomic E-state index is 0.0102. The number of aliphatic hydroxyl groups is 2. The molecule has 3 aliphatic rings. The molecule has 3 amide bonds. The fourth-order valence-corrected chi connectivity index (χ4v) is 11.0. The van der Waals surface area contributed by atoms with E-state index in [1.54, 1.807) is 4.57 Å². The number of hydrogen-bond donors (Lipinski definition) is 11. The Morgan fingerprint density at radius 3 is 2.54 bits per heavy atom. The van der Waals surface area contributed by atoms with Crippen molar-refractivity contribution in [2.24, 2.45) is 5.73 Å². The van der Waals surface area contributed by atoms with E-state index < -0.39 is 54.2 Å². The van der Waals surface area contributed by atoms with Crippen molar-refractivity contribution in [3.8, 4) is 0 Å². The predicted octanol–water partition coefficient (Wildman–Crippen LogP) is -0.852. The molecular weight excluding hydrogens is 803 g/mol. The van der Waals surface area contributed by atoms with E-state index in [-0.39, 0.29) is 40.7 Å². The van der Waals surface area contributed by atoms with E-state index in [4.69, 9.17) is 25.7 Å². The molecule has 0 bridgehead atoms. The molecule has 12 N–H and O–H groups in total. The number of carbonyl (C=O) groups excluding carboxylic acids is 2. The van der Waals surface area contributed by atoms with Gasteiger partial charge in [0.15, 0.2) is 5.49 Å². The summed E-state index contributed by atoms with van der Waals surface area (Å²) in [6, 6.07) is 0.224. The summed E-state index contributed by atoms with van der Waals surface area (Å²) < 4.78 is 54.9. The van der Waals surface area contributed by atoms with Crippen LogP contribution in [0.5, 0.6) is 0 Å². The third-order valence-corrected chi connectivity index (χ3v) is 14.3. The Bertz CT molecular complexity index is 1880. The van der Waals surface area contributed by atoms with Crippen molar-refractivity contribution in [3.63, 3.8) is 0 Å². The Balaban J connectivity index is 1.07. The van der Waals surface area contributed by atoms with Gasteiger partial charge in [-0.15, -0.1) is 0 Å². The number of unbranched alkanes of at least 4 members (excludes halogenated alkanes) is 4. The summed E-state index contributed by atoms with van der Waals surface area (Å²) in [4.78, 5) is 68.6. The first-order chi connectivity index (χ1) is 25.3. The van der Waals surface area contributed by atoms with E-state index >= 15 is 0 Å². The lowest BCUT2D eigenvalue weighted by molar-refractivity contribution is -0.141. The molecule has 304 valence electrons. The molecule has 3 saturated heterocycles. The Kier molecular flexibility index (Phi) is 13.8. The number of aryl methyl sites for hydroxylation is 1. The van der Waals surface area contributed by atoms with Crippen LogP contribution >= 0.6 is 35.2 Å². The highest BCUT2D eigenvalue weighted by molar-refractivity contribution is 8.00. The van der Waals surface area contributed by atoms with Crippen molar-refractivity contribution < 1.29 is 71.0 Å². The minimum Gasteiger partial charge on any atom is -0.387 e. The summed E-state index contributed by atoms with van der Waals surface area (Å²) in [6.07, 6.45) is 2.97. The molecule has 3 aliphatic heterocycles. The van der Waals surface area contributed by atoms with Gasteiger partial charge >= 0.3 is 29.5 Å². The van der Waals surface area contributed by atoms with E-state index in [0.717, 1.165) is 55.2 Å². The van der Waals surface area contributed by atoms with Gasteiger partial charge in [-0.3, -0.25) is 25.0 Å². The number of nitrogens with zero attached hydrogens (tertiary/aromatic N) is 4. The first-order valence-corrected chi connectivity index (χ1v) is 22.4. The van der Waals surface area contributed by atoms with Crippen LogP contribution in [0.4, 0.5) is 4.79 Å². The van der Waals surface area contributed by atoms with E-state index in [2.05, 4.69) is 39.1 Å². The minimum atomic E-state index is -5.81. The molecule has 54 heavy (non-hydrogen) atoms. The second-order valence-electron chi connectivity index (χ2n) is 12.9. The number of fused-ring (bicyclic) bond motifs is 2. The lowest BCUT2D eigenvalue weighted by atomic mass is 10.0. The Morgan fingerprint density at radius 2 is 1.80 bits per heavy atom. The van der Waals surface area contributed by atoms with Crippen LogP contribution in [0, 0.1) is 5.41 Å². The number of hydrogen-bond acceptors (Lipinski definition) is 16. The van der Waals surface area contributed by atoms with Crippen molar-refractivity contribution in [1.29, 1.82) is 5.41 Å². The fraction of sp³-hybridized carbons (Fsp3) is 0.731. The molecule has 3 fully saturated rings. The molecule has 2 aromatic rings. The van der Waals surface area contributed by atoms with Crippen molar-refractivity contribution >= 4 is 58.3 Å². The zero-order chi connectivity index (χ0) is 39.5. The number of nitrogens with two attached hydrogens (primary N) is 1. The number of imidazole rings is 1. The average molecular weight is 848 g/mol. The average Bonchev–Trinajstić information content (AvgIpc) is 3.82. The van der Waals surface area contributed by atoms with Gasteiger partial charge in [0.2, 0.25) is 11.8 Å². The van der Waals surface area contributed by atoms with Crippen LogP contribution in [0.1, 0.15) is 51.4 Å². The van der Waals surface area contributed by atoms with Gasteiger partial charge in [0.1, 0.15) is 35.8 Å². The number of ether oxygens (including phenoxy) is 1. The number of aromatic nitrogens is 4. The summed E-state index contributed by atoms with van der Waals surface area (Å²) >= 11 is 1.85. The normalized spacial score (nSPS) is 29.1. The number of nitrogens with one attached hydrogen (secondary N) is 4. The Hall–Kier alpha value is -2.31. The van der Waals surface area contributed by atoms with Crippen molar-refractivity contribution in [3.05, 3.63) is 18.1 Å². The SMILES string of the molecule is N=c1ncn(CCCCCCNC(=O)CCCC[C@@H]2SC[C@@H]3NC(=O)N[C@@H]32)c2c1ncn2[C@]1(N)O[C@H](COP(=O)(O)OP(=O)(O)OP(=O)(O)O)[C@@H](O)[C@H]1O. The molecular formula is C26H44N9O15P3S. The second kappa shape index (κ2) is 17.5. The number of phosphoric acid groups is 3. The fourth-order valence-electron chi connectivity index (χ4n) is 6.43. The molecule has 0 saturated carbocycles. The molecule has 5 rings (SSSR count). The second-order valence-corrected chi connectivity index (χ2v) is 18.6. The van der Waals surface area contributed by atoms with Crippen molar-refractivity contribution in [1.82, 2.24) is 35.1 Å². The quantitative estimate of drug-likeness (QED) is 0.0439. The molecule has 0 spiro atoms. The van der Waals surface area contributed by atoms with Crippen LogP contribution in [-0.2, 0) is 48.8 Å². The maximum atomic E-state index is 12.3. The molecule has 28 heteroatoms. The highest BCUT2D eigenvalue weighted by Gasteiger charge is 2.55. The number of phosphoric ester groups is 1. The largest absolute Gasteiger partial charge is 0.490 e. The lowest BCUT2D eigenvalue weighted by Crippen LogP contribution is -2.53. The summed E-state index contributed by atoms with van der Waals surface area (Å²) in [5.74, 6) is -1.41. The number of aliphatic hydroxyl groups excluding tert-OH is 2. The molecule has 5 heterocycles. The monoisotopic (exact) mass is 847 g/mol. The van der Waals surface area contributed by atoms with Gasteiger partial charge in [0.25, 0.3) is 0 Å². The van der Waals surface area contributed by atoms with Crippen LogP contribution < -0.4 is 27.2 Å².